The highest BCUT2D eigenvalue weighted by atomic mass is 16.5. The van der Waals surface area contributed by atoms with Gasteiger partial charge in [0, 0.05) is 39.4 Å². The van der Waals surface area contributed by atoms with Crippen molar-refractivity contribution in [3.05, 3.63) is 0 Å². The number of fused-ring (bicyclic) bond motifs is 2. The molecular formula is C13H26N2O2. The van der Waals surface area contributed by atoms with Crippen molar-refractivity contribution in [3.8, 4) is 0 Å². The van der Waals surface area contributed by atoms with Crippen LogP contribution in [-0.4, -0.2) is 63.0 Å². The third kappa shape index (κ3) is 3.91. The molecule has 0 saturated carbocycles. The predicted octanol–water partition coefficient (Wildman–Crippen LogP) is 0.864. The first-order valence-corrected chi connectivity index (χ1v) is 6.88. The number of nitrogens with one attached hydrogen (secondary N) is 1. The van der Waals surface area contributed by atoms with Crippen molar-refractivity contribution >= 4 is 0 Å². The molecule has 0 amide bonds. The molecule has 17 heavy (non-hydrogen) atoms. The molecule has 0 aromatic heterocycles. The van der Waals surface area contributed by atoms with E-state index in [2.05, 4.69) is 17.1 Å². The fourth-order valence-electron chi connectivity index (χ4n) is 2.79. The minimum Gasteiger partial charge on any atom is -0.385 e. The second-order valence-corrected chi connectivity index (χ2v) is 5.31. The Morgan fingerprint density at radius 1 is 1.35 bits per heavy atom. The van der Waals surface area contributed by atoms with Crippen LogP contribution < -0.4 is 5.32 Å². The Labute approximate surface area is 105 Å². The topological polar surface area (TPSA) is 33.7 Å². The first kappa shape index (κ1) is 13.3. The summed E-state index contributed by atoms with van der Waals surface area (Å²) in [6.45, 7) is 7.53. The van der Waals surface area contributed by atoms with Crippen LogP contribution in [0.1, 0.15) is 26.2 Å². The number of ether oxygens (including phenoxy) is 2. The summed E-state index contributed by atoms with van der Waals surface area (Å²) >= 11 is 0. The van der Waals surface area contributed by atoms with Gasteiger partial charge in [0.25, 0.3) is 0 Å². The Kier molecular flexibility index (Phi) is 5.22. The van der Waals surface area contributed by atoms with Gasteiger partial charge in [0.15, 0.2) is 0 Å². The minimum atomic E-state index is 0.504. The van der Waals surface area contributed by atoms with E-state index in [4.69, 9.17) is 9.47 Å². The van der Waals surface area contributed by atoms with Crippen molar-refractivity contribution in [2.45, 2.75) is 44.4 Å². The normalized spacial score (nSPS) is 30.7. The lowest BCUT2D eigenvalue weighted by Crippen LogP contribution is -2.50. The number of nitrogens with zero attached hydrogens (tertiary/aromatic N) is 1. The van der Waals surface area contributed by atoms with Gasteiger partial charge < -0.3 is 14.8 Å². The molecule has 1 N–H and O–H groups in total. The van der Waals surface area contributed by atoms with Gasteiger partial charge in [-0.15, -0.1) is 0 Å². The fraction of sp³-hybridized carbons (Fsp3) is 1.00. The molecule has 0 aliphatic carbocycles. The highest BCUT2D eigenvalue weighted by Gasteiger charge is 2.35. The van der Waals surface area contributed by atoms with Gasteiger partial charge in [0.1, 0.15) is 0 Å². The molecule has 2 rings (SSSR count). The monoisotopic (exact) mass is 242 g/mol. The third-order valence-corrected chi connectivity index (χ3v) is 3.84. The van der Waals surface area contributed by atoms with Crippen LogP contribution in [0.3, 0.4) is 0 Å². The van der Waals surface area contributed by atoms with Gasteiger partial charge in [-0.05, 0) is 32.7 Å². The molecule has 4 nitrogen and oxygen atoms in total. The molecular weight excluding hydrogens is 216 g/mol. The number of rotatable bonds is 7. The molecule has 2 aliphatic heterocycles. The second-order valence-electron chi connectivity index (χ2n) is 5.31. The van der Waals surface area contributed by atoms with Crippen LogP contribution in [0.25, 0.3) is 0 Å². The van der Waals surface area contributed by atoms with Crippen LogP contribution in [0.15, 0.2) is 0 Å². The molecule has 2 fully saturated rings. The molecule has 0 spiro atoms. The summed E-state index contributed by atoms with van der Waals surface area (Å²) in [7, 11) is 1.76. The van der Waals surface area contributed by atoms with Crippen molar-refractivity contribution in [2.75, 3.05) is 39.9 Å². The Morgan fingerprint density at radius 2 is 2.06 bits per heavy atom. The zero-order valence-corrected chi connectivity index (χ0v) is 11.2. The highest BCUT2D eigenvalue weighted by molar-refractivity contribution is 4.87. The minimum absolute atomic E-state index is 0.504. The first-order chi connectivity index (χ1) is 8.29. The van der Waals surface area contributed by atoms with Crippen molar-refractivity contribution in [1.82, 2.24) is 10.2 Å². The standard InChI is InChI=1S/C13H26N2O2/c1-11(8-14-6-3-7-16-2)15-9-12-4-5-13(10-15)17-12/h11-14H,3-10H2,1-2H3. The molecule has 2 aliphatic rings. The summed E-state index contributed by atoms with van der Waals surface area (Å²) in [6.07, 6.45) is 4.62. The summed E-state index contributed by atoms with van der Waals surface area (Å²) < 4.78 is 10.9. The van der Waals surface area contributed by atoms with Gasteiger partial charge in [-0.2, -0.15) is 0 Å². The van der Waals surface area contributed by atoms with Gasteiger partial charge in [-0.25, -0.2) is 0 Å². The summed E-state index contributed by atoms with van der Waals surface area (Å²) in [6, 6.07) is 0.615. The van der Waals surface area contributed by atoms with Crippen LogP contribution in [0, 0.1) is 0 Å². The molecule has 0 aromatic rings. The summed E-state index contributed by atoms with van der Waals surface area (Å²) in [5.41, 5.74) is 0. The molecule has 4 heteroatoms. The van der Waals surface area contributed by atoms with Crippen LogP contribution in [0.2, 0.25) is 0 Å². The number of hydrogen-bond acceptors (Lipinski definition) is 4. The third-order valence-electron chi connectivity index (χ3n) is 3.84. The molecule has 2 saturated heterocycles. The van der Waals surface area contributed by atoms with Crippen molar-refractivity contribution in [2.24, 2.45) is 0 Å². The maximum atomic E-state index is 5.86. The van der Waals surface area contributed by atoms with E-state index in [-0.39, 0.29) is 0 Å². The average Bonchev–Trinajstić information content (AvgIpc) is 2.67. The van der Waals surface area contributed by atoms with E-state index in [1.165, 1.54) is 12.8 Å². The predicted molar refractivity (Wildman–Crippen MR) is 68.3 cm³/mol. The maximum Gasteiger partial charge on any atom is 0.0707 e. The lowest BCUT2D eigenvalue weighted by atomic mass is 10.2. The SMILES string of the molecule is COCCCNCC(C)N1CC2CCC(C1)O2. The Bertz CT molecular complexity index is 213. The molecule has 0 aromatic carbocycles. The highest BCUT2D eigenvalue weighted by Crippen LogP contribution is 2.27. The molecule has 2 heterocycles. The van der Waals surface area contributed by atoms with E-state index in [9.17, 15) is 0 Å². The second kappa shape index (κ2) is 6.69. The van der Waals surface area contributed by atoms with Gasteiger partial charge in [-0.1, -0.05) is 0 Å². The molecule has 0 radical (unpaired) electrons. The van der Waals surface area contributed by atoms with E-state index in [1.54, 1.807) is 7.11 Å². The quantitative estimate of drug-likeness (QED) is 0.672. The van der Waals surface area contributed by atoms with E-state index in [1.807, 2.05) is 0 Å². The smallest absolute Gasteiger partial charge is 0.0707 e. The Morgan fingerprint density at radius 3 is 2.71 bits per heavy atom. The average molecular weight is 242 g/mol. The zero-order chi connectivity index (χ0) is 12.1. The zero-order valence-electron chi connectivity index (χ0n) is 11.2. The van der Waals surface area contributed by atoms with Crippen LogP contribution in [0.5, 0.6) is 0 Å². The Balaban J connectivity index is 1.61. The van der Waals surface area contributed by atoms with Gasteiger partial charge >= 0.3 is 0 Å². The van der Waals surface area contributed by atoms with E-state index in [0.717, 1.165) is 39.2 Å². The molecule has 100 valence electrons. The van der Waals surface area contributed by atoms with E-state index >= 15 is 0 Å². The van der Waals surface area contributed by atoms with Crippen molar-refractivity contribution < 1.29 is 9.47 Å². The number of methoxy groups -OCH3 is 1. The fourth-order valence-corrected chi connectivity index (χ4v) is 2.79. The largest absolute Gasteiger partial charge is 0.385 e. The number of likely N-dealkylation sites (tertiary alicyclic amines) is 1. The summed E-state index contributed by atoms with van der Waals surface area (Å²) in [5.74, 6) is 0. The first-order valence-electron chi connectivity index (χ1n) is 6.88. The Hall–Kier alpha value is -0.160. The molecule has 2 bridgehead atoms. The van der Waals surface area contributed by atoms with E-state index in [0.29, 0.717) is 18.2 Å². The van der Waals surface area contributed by atoms with Crippen LogP contribution in [0.4, 0.5) is 0 Å². The summed E-state index contributed by atoms with van der Waals surface area (Å²) in [4.78, 5) is 2.58. The van der Waals surface area contributed by atoms with Gasteiger partial charge in [0.2, 0.25) is 0 Å². The van der Waals surface area contributed by atoms with Gasteiger partial charge in [-0.3, -0.25) is 4.90 Å². The van der Waals surface area contributed by atoms with Crippen LogP contribution >= 0.6 is 0 Å². The van der Waals surface area contributed by atoms with Crippen LogP contribution in [-0.2, 0) is 9.47 Å². The van der Waals surface area contributed by atoms with Gasteiger partial charge in [0.05, 0.1) is 12.2 Å². The molecule has 3 unspecified atom stereocenters. The van der Waals surface area contributed by atoms with Crippen molar-refractivity contribution in [1.29, 1.82) is 0 Å². The number of morpholine rings is 1. The lowest BCUT2D eigenvalue weighted by molar-refractivity contribution is -0.0500. The van der Waals surface area contributed by atoms with Crippen molar-refractivity contribution in [3.63, 3.8) is 0 Å². The summed E-state index contributed by atoms with van der Waals surface area (Å²) in [5, 5.41) is 3.50. The molecule has 3 atom stereocenters. The maximum absolute atomic E-state index is 5.86. The number of hydrogen-bond donors (Lipinski definition) is 1. The lowest BCUT2D eigenvalue weighted by Gasteiger charge is -2.36. The van der Waals surface area contributed by atoms with E-state index < -0.39 is 0 Å².